The van der Waals surface area contributed by atoms with Crippen LogP contribution in [-0.4, -0.2) is 19.0 Å². The average molecular weight is 141 g/mol. The molecule has 0 atom stereocenters. The minimum atomic E-state index is 0.756. The number of ether oxygens (including phenoxy) is 1. The fourth-order valence-electron chi connectivity index (χ4n) is 0.943. The van der Waals surface area contributed by atoms with E-state index in [1.165, 1.54) is 6.42 Å². The fourth-order valence-corrected chi connectivity index (χ4v) is 0.943. The van der Waals surface area contributed by atoms with Crippen LogP contribution >= 0.6 is 0 Å². The highest BCUT2D eigenvalue weighted by atomic mass is 16.5. The van der Waals surface area contributed by atoms with Crippen LogP contribution in [0.25, 0.3) is 0 Å². The number of nitrogens with zero attached hydrogens (tertiary/aromatic N) is 1. The summed E-state index contributed by atoms with van der Waals surface area (Å²) in [4.78, 5) is 4.20. The Hall–Kier alpha value is -0.530. The molecule has 1 aliphatic heterocycles. The highest BCUT2D eigenvalue weighted by Crippen LogP contribution is 2.07. The molecule has 2 heteroatoms. The molecule has 0 aromatic carbocycles. The minimum Gasteiger partial charge on any atom is -0.479 e. The largest absolute Gasteiger partial charge is 0.479 e. The van der Waals surface area contributed by atoms with Crippen molar-refractivity contribution in [2.45, 2.75) is 26.7 Å². The van der Waals surface area contributed by atoms with Gasteiger partial charge in [0.05, 0.1) is 6.54 Å². The van der Waals surface area contributed by atoms with Gasteiger partial charge in [-0.05, 0) is 12.3 Å². The van der Waals surface area contributed by atoms with Gasteiger partial charge in [0.2, 0.25) is 0 Å². The number of rotatable bonds is 3. The Morgan fingerprint density at radius 3 is 2.90 bits per heavy atom. The molecule has 0 saturated heterocycles. The first-order valence-corrected chi connectivity index (χ1v) is 3.95. The predicted molar refractivity (Wildman–Crippen MR) is 42.3 cm³/mol. The zero-order chi connectivity index (χ0) is 7.40. The van der Waals surface area contributed by atoms with E-state index in [1.807, 2.05) is 0 Å². The number of aliphatic imine (C=N–C) groups is 1. The second-order valence-electron chi connectivity index (χ2n) is 3.06. The topological polar surface area (TPSA) is 21.6 Å². The van der Waals surface area contributed by atoms with Gasteiger partial charge in [0, 0.05) is 6.42 Å². The highest BCUT2D eigenvalue weighted by molar-refractivity contribution is 5.77. The van der Waals surface area contributed by atoms with Crippen LogP contribution in [0.5, 0.6) is 0 Å². The van der Waals surface area contributed by atoms with Crippen molar-refractivity contribution < 1.29 is 4.74 Å². The lowest BCUT2D eigenvalue weighted by atomic mass is 10.1. The molecule has 0 N–H and O–H groups in total. The predicted octanol–water partition coefficient (Wildman–Crippen LogP) is 1.85. The van der Waals surface area contributed by atoms with E-state index >= 15 is 0 Å². The third-order valence-corrected chi connectivity index (χ3v) is 1.58. The van der Waals surface area contributed by atoms with Gasteiger partial charge in [-0.1, -0.05) is 13.8 Å². The molecule has 1 rings (SSSR count). The van der Waals surface area contributed by atoms with Gasteiger partial charge in [-0.3, -0.25) is 4.99 Å². The maximum atomic E-state index is 5.25. The Labute approximate surface area is 62.3 Å². The molecule has 10 heavy (non-hydrogen) atoms. The Kier molecular flexibility index (Phi) is 2.72. The second-order valence-corrected chi connectivity index (χ2v) is 3.06. The molecule has 1 heterocycles. The third-order valence-electron chi connectivity index (χ3n) is 1.58. The van der Waals surface area contributed by atoms with Crippen molar-refractivity contribution in [1.29, 1.82) is 0 Å². The molecule has 0 fully saturated rings. The summed E-state index contributed by atoms with van der Waals surface area (Å²) in [6.07, 6.45) is 2.22. The summed E-state index contributed by atoms with van der Waals surface area (Å²) in [7, 11) is 0. The van der Waals surface area contributed by atoms with Gasteiger partial charge >= 0.3 is 0 Å². The quantitative estimate of drug-likeness (QED) is 0.587. The van der Waals surface area contributed by atoms with Crippen molar-refractivity contribution in [2.75, 3.05) is 13.2 Å². The van der Waals surface area contributed by atoms with Crippen molar-refractivity contribution >= 4 is 5.90 Å². The van der Waals surface area contributed by atoms with E-state index in [4.69, 9.17) is 4.74 Å². The van der Waals surface area contributed by atoms with Gasteiger partial charge in [0.1, 0.15) is 6.61 Å². The first kappa shape index (κ1) is 7.58. The van der Waals surface area contributed by atoms with E-state index in [0.717, 1.165) is 31.4 Å². The summed E-state index contributed by atoms with van der Waals surface area (Å²) in [5.74, 6) is 1.72. The first-order chi connectivity index (χ1) is 4.79. The molecule has 0 spiro atoms. The molecule has 0 aromatic heterocycles. The Balaban J connectivity index is 2.13. The summed E-state index contributed by atoms with van der Waals surface area (Å²) in [5, 5.41) is 0. The molecule has 1 aliphatic rings. The summed E-state index contributed by atoms with van der Waals surface area (Å²) < 4.78 is 5.25. The summed E-state index contributed by atoms with van der Waals surface area (Å²) >= 11 is 0. The van der Waals surface area contributed by atoms with Crippen molar-refractivity contribution in [3.05, 3.63) is 0 Å². The van der Waals surface area contributed by atoms with Gasteiger partial charge in [0.15, 0.2) is 5.90 Å². The van der Waals surface area contributed by atoms with Gasteiger partial charge in [-0.2, -0.15) is 0 Å². The van der Waals surface area contributed by atoms with Crippen LogP contribution < -0.4 is 0 Å². The standard InChI is InChI=1S/C8H15NO/c1-7(2)3-4-8-9-5-6-10-8/h7H,3-6H2,1-2H3. The molecule has 0 radical (unpaired) electrons. The van der Waals surface area contributed by atoms with E-state index < -0.39 is 0 Å². The molecule has 58 valence electrons. The third kappa shape index (κ3) is 2.38. The highest BCUT2D eigenvalue weighted by Gasteiger charge is 2.06. The van der Waals surface area contributed by atoms with Gasteiger partial charge in [-0.15, -0.1) is 0 Å². The second kappa shape index (κ2) is 3.59. The molecule has 2 nitrogen and oxygen atoms in total. The molecule has 0 amide bonds. The lowest BCUT2D eigenvalue weighted by Gasteiger charge is -2.03. The summed E-state index contributed by atoms with van der Waals surface area (Å²) in [6.45, 7) is 6.10. The zero-order valence-electron chi connectivity index (χ0n) is 6.76. The van der Waals surface area contributed by atoms with Gasteiger partial charge in [0.25, 0.3) is 0 Å². The molecule has 0 bridgehead atoms. The minimum absolute atomic E-state index is 0.756. The van der Waals surface area contributed by atoms with Crippen LogP contribution in [0.15, 0.2) is 4.99 Å². The van der Waals surface area contributed by atoms with Crippen LogP contribution in [0.3, 0.4) is 0 Å². The van der Waals surface area contributed by atoms with Crippen LogP contribution in [0.2, 0.25) is 0 Å². The Morgan fingerprint density at radius 1 is 1.60 bits per heavy atom. The van der Waals surface area contributed by atoms with Crippen molar-refractivity contribution in [1.82, 2.24) is 0 Å². The van der Waals surface area contributed by atoms with E-state index in [1.54, 1.807) is 0 Å². The van der Waals surface area contributed by atoms with Crippen molar-refractivity contribution in [2.24, 2.45) is 10.9 Å². The van der Waals surface area contributed by atoms with Crippen molar-refractivity contribution in [3.63, 3.8) is 0 Å². The lowest BCUT2D eigenvalue weighted by Crippen LogP contribution is -2.00. The number of hydrogen-bond acceptors (Lipinski definition) is 2. The number of hydrogen-bond donors (Lipinski definition) is 0. The smallest absolute Gasteiger partial charge is 0.183 e. The molecule has 0 unspecified atom stereocenters. The maximum absolute atomic E-state index is 5.25. The van der Waals surface area contributed by atoms with E-state index in [9.17, 15) is 0 Å². The van der Waals surface area contributed by atoms with Crippen LogP contribution in [0.1, 0.15) is 26.7 Å². The zero-order valence-corrected chi connectivity index (χ0v) is 6.76. The molecular weight excluding hydrogens is 126 g/mol. The van der Waals surface area contributed by atoms with Crippen molar-refractivity contribution in [3.8, 4) is 0 Å². The van der Waals surface area contributed by atoms with Crippen LogP contribution in [-0.2, 0) is 4.74 Å². The average Bonchev–Trinajstić information content (AvgIpc) is 2.34. The fraction of sp³-hybridized carbons (Fsp3) is 0.875. The first-order valence-electron chi connectivity index (χ1n) is 3.95. The van der Waals surface area contributed by atoms with Gasteiger partial charge < -0.3 is 4.74 Å². The lowest BCUT2D eigenvalue weighted by molar-refractivity contribution is 0.334. The maximum Gasteiger partial charge on any atom is 0.183 e. The van der Waals surface area contributed by atoms with E-state index in [-0.39, 0.29) is 0 Å². The SMILES string of the molecule is CC(C)CCC1=NCCO1. The Bertz CT molecular complexity index is 129. The van der Waals surface area contributed by atoms with E-state index in [2.05, 4.69) is 18.8 Å². The van der Waals surface area contributed by atoms with Gasteiger partial charge in [-0.25, -0.2) is 0 Å². The Morgan fingerprint density at radius 2 is 2.40 bits per heavy atom. The summed E-state index contributed by atoms with van der Waals surface area (Å²) in [5.41, 5.74) is 0. The van der Waals surface area contributed by atoms with Crippen LogP contribution in [0.4, 0.5) is 0 Å². The molecular formula is C8H15NO. The molecule has 0 saturated carbocycles. The summed E-state index contributed by atoms with van der Waals surface area (Å²) in [6, 6.07) is 0. The van der Waals surface area contributed by atoms with Crippen LogP contribution in [0, 0.1) is 5.92 Å². The molecule has 0 aliphatic carbocycles. The molecule has 0 aromatic rings. The van der Waals surface area contributed by atoms with E-state index in [0.29, 0.717) is 0 Å². The monoisotopic (exact) mass is 141 g/mol. The normalized spacial score (nSPS) is 17.3.